The Labute approximate surface area is 133 Å². The Hall–Kier alpha value is -2.37. The van der Waals surface area contributed by atoms with Crippen LogP contribution in [0.4, 0.5) is 0 Å². The van der Waals surface area contributed by atoms with Crippen molar-refractivity contribution in [1.29, 1.82) is 0 Å². The average Bonchev–Trinajstić information content (AvgIpc) is 2.82. The first-order chi connectivity index (χ1) is 10.8. The zero-order valence-corrected chi connectivity index (χ0v) is 13.5. The second kappa shape index (κ2) is 5.37. The molecule has 1 aromatic heterocycles. The fourth-order valence-corrected chi connectivity index (χ4v) is 2.89. The van der Waals surface area contributed by atoms with Gasteiger partial charge in [0.05, 0.1) is 5.52 Å². The normalized spacial score (nSPS) is 19.2. The van der Waals surface area contributed by atoms with Gasteiger partial charge in [0.15, 0.2) is 5.58 Å². The number of imide groups is 1. The van der Waals surface area contributed by atoms with E-state index >= 15 is 0 Å². The second-order valence-corrected chi connectivity index (χ2v) is 6.62. The average molecular weight is 316 g/mol. The van der Waals surface area contributed by atoms with Gasteiger partial charge in [-0.3, -0.25) is 19.5 Å². The second-order valence-electron chi connectivity index (χ2n) is 6.62. The number of hydrogen-bond acceptors (Lipinski definition) is 4. The van der Waals surface area contributed by atoms with Crippen LogP contribution in [0.25, 0.3) is 11.1 Å². The number of nitrogens with one attached hydrogen (secondary N) is 1. The number of oxazole rings is 1. The summed E-state index contributed by atoms with van der Waals surface area (Å²) in [6.07, 6.45) is 1.48. The van der Waals surface area contributed by atoms with Crippen molar-refractivity contribution in [3.8, 4) is 0 Å². The first-order valence-electron chi connectivity index (χ1n) is 7.83. The summed E-state index contributed by atoms with van der Waals surface area (Å²) in [6, 6.07) is 4.94. The van der Waals surface area contributed by atoms with Gasteiger partial charge in [-0.05, 0) is 36.0 Å². The molecule has 1 N–H and O–H groups in total. The van der Waals surface area contributed by atoms with E-state index < -0.39 is 17.7 Å². The number of aromatic nitrogens is 1. The number of benzene rings is 1. The Morgan fingerprint density at radius 1 is 1.30 bits per heavy atom. The summed E-state index contributed by atoms with van der Waals surface area (Å²) in [6.45, 7) is 6.36. The number of carbonyl (C=O) groups is 2. The van der Waals surface area contributed by atoms with Crippen molar-refractivity contribution in [3.63, 3.8) is 0 Å². The summed E-state index contributed by atoms with van der Waals surface area (Å²) in [5, 5.41) is 2.28. The van der Waals surface area contributed by atoms with Gasteiger partial charge < -0.3 is 4.42 Å². The first-order valence-corrected chi connectivity index (χ1v) is 7.83. The molecule has 0 saturated carbocycles. The van der Waals surface area contributed by atoms with Crippen LogP contribution >= 0.6 is 0 Å². The maximum absolute atomic E-state index is 12.2. The van der Waals surface area contributed by atoms with Crippen LogP contribution in [0.3, 0.4) is 0 Å². The molecule has 122 valence electrons. The first kappa shape index (κ1) is 15.5. The molecule has 0 radical (unpaired) electrons. The molecule has 1 aliphatic heterocycles. The van der Waals surface area contributed by atoms with Crippen LogP contribution in [0, 0.1) is 0 Å². The molecule has 3 rings (SSSR count). The van der Waals surface area contributed by atoms with E-state index in [9.17, 15) is 14.4 Å². The van der Waals surface area contributed by atoms with Crippen LogP contribution in [0.15, 0.2) is 27.4 Å². The molecule has 0 spiro atoms. The lowest BCUT2D eigenvalue weighted by Gasteiger charge is -2.23. The number of piperidine rings is 1. The molecule has 1 unspecified atom stereocenters. The number of hydrogen-bond donors (Lipinski definition) is 1. The third-order valence-electron chi connectivity index (χ3n) is 4.80. The van der Waals surface area contributed by atoms with Gasteiger partial charge in [-0.2, -0.15) is 0 Å². The SMILES string of the molecule is CCC(C)(C)c1ccc2c(c1)oc(=O)n2C1CCC(=O)NC1=O. The van der Waals surface area contributed by atoms with Gasteiger partial charge >= 0.3 is 5.76 Å². The molecule has 1 aliphatic rings. The number of amides is 2. The highest BCUT2D eigenvalue weighted by molar-refractivity contribution is 6.00. The van der Waals surface area contributed by atoms with Gasteiger partial charge in [-0.1, -0.05) is 26.8 Å². The molecular weight excluding hydrogens is 296 g/mol. The molecule has 0 bridgehead atoms. The van der Waals surface area contributed by atoms with Gasteiger partial charge in [0, 0.05) is 6.42 Å². The maximum Gasteiger partial charge on any atom is 0.420 e. The Morgan fingerprint density at radius 2 is 2.04 bits per heavy atom. The summed E-state index contributed by atoms with van der Waals surface area (Å²) in [5.41, 5.74) is 2.11. The van der Waals surface area contributed by atoms with E-state index in [2.05, 4.69) is 26.1 Å². The van der Waals surface area contributed by atoms with Gasteiger partial charge in [0.1, 0.15) is 6.04 Å². The van der Waals surface area contributed by atoms with E-state index in [0.717, 1.165) is 12.0 Å². The highest BCUT2D eigenvalue weighted by atomic mass is 16.4. The topological polar surface area (TPSA) is 81.3 Å². The minimum Gasteiger partial charge on any atom is -0.408 e. The molecule has 2 heterocycles. The monoisotopic (exact) mass is 316 g/mol. The quantitative estimate of drug-likeness (QED) is 0.881. The Bertz CT molecular complexity index is 844. The molecular formula is C17H20N2O4. The Balaban J connectivity index is 2.09. The molecule has 1 atom stereocenters. The third kappa shape index (κ3) is 2.58. The Kier molecular flexibility index (Phi) is 3.62. The van der Waals surface area contributed by atoms with Crippen molar-refractivity contribution in [1.82, 2.24) is 9.88 Å². The van der Waals surface area contributed by atoms with E-state index in [-0.39, 0.29) is 17.7 Å². The largest absolute Gasteiger partial charge is 0.420 e. The van der Waals surface area contributed by atoms with Crippen molar-refractivity contribution in [2.45, 2.75) is 51.5 Å². The van der Waals surface area contributed by atoms with Crippen LogP contribution in [0.2, 0.25) is 0 Å². The van der Waals surface area contributed by atoms with Crippen LogP contribution < -0.4 is 11.1 Å². The minimum absolute atomic E-state index is 0.0243. The van der Waals surface area contributed by atoms with Crippen LogP contribution in [-0.2, 0) is 15.0 Å². The number of rotatable bonds is 3. The van der Waals surface area contributed by atoms with Crippen LogP contribution in [-0.4, -0.2) is 16.4 Å². The van der Waals surface area contributed by atoms with Crippen molar-refractivity contribution in [2.75, 3.05) is 0 Å². The molecule has 6 nitrogen and oxygen atoms in total. The van der Waals surface area contributed by atoms with Crippen molar-refractivity contribution in [2.24, 2.45) is 0 Å². The number of fused-ring (bicyclic) bond motifs is 1. The summed E-state index contributed by atoms with van der Waals surface area (Å²) < 4.78 is 6.70. The number of carbonyl (C=O) groups excluding carboxylic acids is 2. The van der Waals surface area contributed by atoms with Crippen LogP contribution in [0.1, 0.15) is 51.6 Å². The van der Waals surface area contributed by atoms with Crippen LogP contribution in [0.5, 0.6) is 0 Å². The van der Waals surface area contributed by atoms with Gasteiger partial charge in [-0.15, -0.1) is 0 Å². The van der Waals surface area contributed by atoms with Crippen molar-refractivity contribution in [3.05, 3.63) is 34.3 Å². The summed E-state index contributed by atoms with van der Waals surface area (Å²) >= 11 is 0. The standard InChI is InChI=1S/C17H20N2O4/c1-4-17(2,3)10-5-6-11-13(9-10)23-16(22)19(11)12-7-8-14(20)18-15(12)21/h5-6,9,12H,4,7-8H2,1-3H3,(H,18,20,21). The fourth-order valence-electron chi connectivity index (χ4n) is 2.89. The summed E-state index contributed by atoms with van der Waals surface area (Å²) in [7, 11) is 0. The fraction of sp³-hybridized carbons (Fsp3) is 0.471. The zero-order chi connectivity index (χ0) is 16.8. The highest BCUT2D eigenvalue weighted by Gasteiger charge is 2.31. The van der Waals surface area contributed by atoms with Crippen molar-refractivity contribution < 1.29 is 14.0 Å². The van der Waals surface area contributed by atoms with E-state index in [1.165, 1.54) is 4.57 Å². The Morgan fingerprint density at radius 3 is 2.70 bits per heavy atom. The smallest absolute Gasteiger partial charge is 0.408 e. The van der Waals surface area contributed by atoms with E-state index in [0.29, 0.717) is 17.5 Å². The summed E-state index contributed by atoms with van der Waals surface area (Å²) in [5.74, 6) is -1.33. The molecule has 1 saturated heterocycles. The molecule has 0 aliphatic carbocycles. The zero-order valence-electron chi connectivity index (χ0n) is 13.5. The molecule has 23 heavy (non-hydrogen) atoms. The van der Waals surface area contributed by atoms with E-state index in [4.69, 9.17) is 4.42 Å². The molecule has 1 aromatic carbocycles. The molecule has 1 fully saturated rings. The molecule has 2 amide bonds. The predicted molar refractivity (Wildman–Crippen MR) is 85.2 cm³/mol. The van der Waals surface area contributed by atoms with Crippen molar-refractivity contribution >= 4 is 22.9 Å². The maximum atomic E-state index is 12.2. The number of nitrogens with zero attached hydrogens (tertiary/aromatic N) is 1. The highest BCUT2D eigenvalue weighted by Crippen LogP contribution is 2.30. The third-order valence-corrected chi connectivity index (χ3v) is 4.80. The lowest BCUT2D eigenvalue weighted by atomic mass is 9.82. The molecule has 2 aromatic rings. The lowest BCUT2D eigenvalue weighted by Crippen LogP contribution is -2.43. The van der Waals surface area contributed by atoms with Gasteiger partial charge in [0.2, 0.25) is 11.8 Å². The van der Waals surface area contributed by atoms with Gasteiger partial charge in [0.25, 0.3) is 0 Å². The summed E-state index contributed by atoms with van der Waals surface area (Å²) in [4.78, 5) is 35.5. The molecule has 6 heteroatoms. The van der Waals surface area contributed by atoms with E-state index in [1.807, 2.05) is 18.2 Å². The van der Waals surface area contributed by atoms with Gasteiger partial charge in [-0.25, -0.2) is 4.79 Å². The van der Waals surface area contributed by atoms with E-state index in [1.54, 1.807) is 0 Å². The lowest BCUT2D eigenvalue weighted by molar-refractivity contribution is -0.135. The predicted octanol–water partition coefficient (Wildman–Crippen LogP) is 2.26. The minimum atomic E-state index is -0.702.